The standard InChI is InChI=1S/C45H66O16Si2/c1-25-35(52-26(2)46)37(53-27(3)47)39(54-28(4)48)42(51-25)59-38-36-34(24-50-41(58-36)30-19-17-16-18-20-30)57-43(40(38)55-29(5)49)56-31-21-22-32(60-62(12,13)44(6,7)8)33(23-31)61-63(14,15)45(9,10)11/h16-23,25,34-43H,24H2,1-15H3/t25-,34+,35-,36+,37+,38-,39+,40+,41?,42-,43+/m0/s1. The highest BCUT2D eigenvalue weighted by Gasteiger charge is 2.58. The summed E-state index contributed by atoms with van der Waals surface area (Å²) < 4.78 is 75.7. The van der Waals surface area contributed by atoms with E-state index in [1.54, 1.807) is 19.1 Å². The molecule has 18 heteroatoms. The molecule has 0 bridgehead atoms. The minimum atomic E-state index is -2.44. The highest BCUT2D eigenvalue weighted by atomic mass is 28.4. The number of benzene rings is 2. The number of esters is 4. The largest absolute Gasteiger partial charge is 0.541 e. The van der Waals surface area contributed by atoms with Crippen LogP contribution >= 0.6 is 0 Å². The molecular formula is C45H66O16Si2. The van der Waals surface area contributed by atoms with Gasteiger partial charge in [-0.2, -0.15) is 0 Å². The van der Waals surface area contributed by atoms with Crippen molar-refractivity contribution in [2.45, 2.75) is 180 Å². The van der Waals surface area contributed by atoms with Crippen LogP contribution in [0.1, 0.15) is 88.0 Å². The van der Waals surface area contributed by atoms with Crippen LogP contribution in [0.3, 0.4) is 0 Å². The zero-order valence-electron chi connectivity index (χ0n) is 39.2. The van der Waals surface area contributed by atoms with Crippen molar-refractivity contribution in [3.8, 4) is 17.2 Å². The van der Waals surface area contributed by atoms with E-state index in [9.17, 15) is 19.2 Å². The molecular weight excluding hydrogens is 853 g/mol. The van der Waals surface area contributed by atoms with E-state index in [0.29, 0.717) is 22.8 Å². The summed E-state index contributed by atoms with van der Waals surface area (Å²) in [6, 6.07) is 14.5. The predicted octanol–water partition coefficient (Wildman–Crippen LogP) is 7.53. The SMILES string of the molecule is CC(=O)O[C@@H]1[C@@H](OC(C)=O)[C@H](C)O[C@@H](O[C@@H]2[C@@H](OC(C)=O)[C@H](Oc3ccc(O[Si](C)(C)C(C)(C)C)c(O[Si](C)(C)C(C)(C)C)c3)O[C@@H]3COC(c4ccccc4)O[C@@H]23)[C@@H]1OC(C)=O. The molecule has 3 aliphatic rings. The summed E-state index contributed by atoms with van der Waals surface area (Å²) in [6.07, 6.45) is -13.2. The lowest BCUT2D eigenvalue weighted by molar-refractivity contribution is -0.384. The van der Waals surface area contributed by atoms with Crippen molar-refractivity contribution in [3.63, 3.8) is 0 Å². The topological polar surface area (TPSA) is 179 Å². The van der Waals surface area contributed by atoms with Gasteiger partial charge in [0.1, 0.15) is 35.6 Å². The van der Waals surface area contributed by atoms with E-state index in [1.165, 1.54) is 20.8 Å². The van der Waals surface area contributed by atoms with E-state index < -0.39 is 108 Å². The molecule has 2 aromatic carbocycles. The molecule has 350 valence electrons. The Labute approximate surface area is 373 Å². The van der Waals surface area contributed by atoms with Gasteiger partial charge < -0.3 is 56.2 Å². The van der Waals surface area contributed by atoms with Crippen LogP contribution in [0.2, 0.25) is 36.3 Å². The minimum absolute atomic E-state index is 0.00430. The van der Waals surface area contributed by atoms with Crippen molar-refractivity contribution < 1.29 is 75.4 Å². The van der Waals surface area contributed by atoms with Gasteiger partial charge in [-0.05, 0) is 55.3 Å². The highest BCUT2D eigenvalue weighted by Crippen LogP contribution is 2.46. The molecule has 0 saturated carbocycles. The lowest BCUT2D eigenvalue weighted by Crippen LogP contribution is -2.67. The number of hydrogen-bond donors (Lipinski definition) is 0. The number of ether oxygens (including phenoxy) is 10. The number of rotatable bonds is 13. The quantitative estimate of drug-likeness (QED) is 0.109. The first-order valence-electron chi connectivity index (χ1n) is 21.3. The molecule has 5 rings (SSSR count). The molecule has 0 spiro atoms. The van der Waals surface area contributed by atoms with Crippen LogP contribution < -0.4 is 13.6 Å². The van der Waals surface area contributed by atoms with Crippen LogP contribution in [0.15, 0.2) is 48.5 Å². The molecule has 0 aliphatic carbocycles. The maximum absolute atomic E-state index is 13.0. The Bertz CT molecular complexity index is 1930. The summed E-state index contributed by atoms with van der Waals surface area (Å²) in [6.45, 7) is 27.9. The van der Waals surface area contributed by atoms with Crippen molar-refractivity contribution in [2.24, 2.45) is 0 Å². The van der Waals surface area contributed by atoms with Gasteiger partial charge in [-0.25, -0.2) is 0 Å². The molecule has 0 radical (unpaired) electrons. The van der Waals surface area contributed by atoms with E-state index in [4.69, 9.17) is 56.2 Å². The molecule has 0 aromatic heterocycles. The smallest absolute Gasteiger partial charge is 0.303 e. The molecule has 63 heavy (non-hydrogen) atoms. The molecule has 3 heterocycles. The number of carbonyl (C=O) groups excluding carboxylic acids is 4. The van der Waals surface area contributed by atoms with Crippen LogP contribution in [-0.4, -0.2) is 109 Å². The third kappa shape index (κ3) is 12.2. The van der Waals surface area contributed by atoms with Gasteiger partial charge in [0.25, 0.3) is 16.6 Å². The monoisotopic (exact) mass is 918 g/mol. The zero-order chi connectivity index (χ0) is 46.8. The van der Waals surface area contributed by atoms with Crippen molar-refractivity contribution in [3.05, 3.63) is 54.1 Å². The second kappa shape index (κ2) is 19.6. The van der Waals surface area contributed by atoms with E-state index >= 15 is 0 Å². The maximum Gasteiger partial charge on any atom is 0.303 e. The molecule has 3 saturated heterocycles. The number of carbonyl (C=O) groups is 4. The number of fused-ring (bicyclic) bond motifs is 1. The zero-order valence-corrected chi connectivity index (χ0v) is 41.2. The Morgan fingerprint density at radius 2 is 1.11 bits per heavy atom. The lowest BCUT2D eigenvalue weighted by atomic mass is 9.95. The van der Waals surface area contributed by atoms with E-state index in [1.807, 2.05) is 36.4 Å². The minimum Gasteiger partial charge on any atom is -0.541 e. The Morgan fingerprint density at radius 1 is 0.603 bits per heavy atom. The predicted molar refractivity (Wildman–Crippen MR) is 233 cm³/mol. The molecule has 11 atom stereocenters. The van der Waals surface area contributed by atoms with Gasteiger partial charge in [-0.3, -0.25) is 19.2 Å². The summed E-state index contributed by atoms with van der Waals surface area (Å²) >= 11 is 0. The van der Waals surface area contributed by atoms with Crippen molar-refractivity contribution in [1.82, 2.24) is 0 Å². The molecule has 0 amide bonds. The molecule has 3 aliphatic heterocycles. The fourth-order valence-corrected chi connectivity index (χ4v) is 8.88. The van der Waals surface area contributed by atoms with Crippen molar-refractivity contribution >= 4 is 40.5 Å². The van der Waals surface area contributed by atoms with Crippen LogP contribution in [0.25, 0.3) is 0 Å². The van der Waals surface area contributed by atoms with E-state index in [2.05, 4.69) is 67.7 Å². The first kappa shape index (κ1) is 50.0. The Morgan fingerprint density at radius 3 is 1.65 bits per heavy atom. The van der Waals surface area contributed by atoms with Crippen LogP contribution in [0.5, 0.6) is 17.2 Å². The van der Waals surface area contributed by atoms with E-state index in [-0.39, 0.29) is 16.7 Å². The van der Waals surface area contributed by atoms with Gasteiger partial charge in [-0.15, -0.1) is 0 Å². The summed E-state index contributed by atoms with van der Waals surface area (Å²) in [4.78, 5) is 50.4. The third-order valence-electron chi connectivity index (χ3n) is 12.1. The Balaban J connectivity index is 1.59. The third-order valence-corrected chi connectivity index (χ3v) is 20.8. The second-order valence-electron chi connectivity index (χ2n) is 19.3. The maximum atomic E-state index is 13.0. The molecule has 1 unspecified atom stereocenters. The first-order valence-corrected chi connectivity index (χ1v) is 27.1. The van der Waals surface area contributed by atoms with Gasteiger partial charge in [0.2, 0.25) is 6.29 Å². The van der Waals surface area contributed by atoms with E-state index in [0.717, 1.165) is 6.92 Å². The van der Waals surface area contributed by atoms with Gasteiger partial charge in [-0.1, -0.05) is 71.9 Å². The first-order chi connectivity index (χ1) is 29.2. The van der Waals surface area contributed by atoms with Gasteiger partial charge in [0.05, 0.1) is 12.7 Å². The Hall–Kier alpha value is -4.05. The Kier molecular flexibility index (Phi) is 15.5. The molecule has 2 aromatic rings. The fourth-order valence-electron chi connectivity index (χ4n) is 6.84. The molecule has 16 nitrogen and oxygen atoms in total. The van der Waals surface area contributed by atoms with Crippen molar-refractivity contribution in [2.75, 3.05) is 6.61 Å². The summed E-state index contributed by atoms with van der Waals surface area (Å²) in [5.41, 5.74) is 0.700. The van der Waals surface area contributed by atoms with Crippen LogP contribution in [0.4, 0.5) is 0 Å². The van der Waals surface area contributed by atoms with Gasteiger partial charge in [0.15, 0.2) is 37.0 Å². The fraction of sp³-hybridized carbons (Fsp3) is 0.644. The molecule has 3 fully saturated rings. The number of hydrogen-bond acceptors (Lipinski definition) is 16. The summed E-state index contributed by atoms with van der Waals surface area (Å²) in [5.74, 6) is -1.50. The normalized spacial score (nSPS) is 29.0. The summed E-state index contributed by atoms with van der Waals surface area (Å²) in [5, 5.41) is -0.259. The average molecular weight is 919 g/mol. The van der Waals surface area contributed by atoms with Crippen LogP contribution in [0, 0.1) is 0 Å². The van der Waals surface area contributed by atoms with Gasteiger partial charge in [0, 0.05) is 39.3 Å². The van der Waals surface area contributed by atoms with Crippen LogP contribution in [-0.2, 0) is 61.8 Å². The lowest BCUT2D eigenvalue weighted by Gasteiger charge is -2.50. The highest BCUT2D eigenvalue weighted by molar-refractivity contribution is 6.75. The summed E-state index contributed by atoms with van der Waals surface area (Å²) in [7, 11) is -4.78. The van der Waals surface area contributed by atoms with Crippen molar-refractivity contribution in [1.29, 1.82) is 0 Å². The van der Waals surface area contributed by atoms with Gasteiger partial charge >= 0.3 is 23.9 Å². The molecule has 0 N–H and O–H groups in total. The second-order valence-corrected chi connectivity index (χ2v) is 28.7. The average Bonchev–Trinajstić information content (AvgIpc) is 3.15.